The number of rotatable bonds is 10. The topological polar surface area (TPSA) is 26.3 Å². The maximum absolute atomic E-state index is 12.7. The van der Waals surface area contributed by atoms with Gasteiger partial charge in [0, 0.05) is 20.2 Å². The lowest BCUT2D eigenvalue weighted by Gasteiger charge is -2.08. The van der Waals surface area contributed by atoms with Gasteiger partial charge in [0.1, 0.15) is 5.75 Å². The van der Waals surface area contributed by atoms with Crippen LogP contribution < -0.4 is 10.2 Å². The van der Waals surface area contributed by atoms with Crippen molar-refractivity contribution in [1.82, 2.24) is 0 Å². The largest absolute Gasteiger partial charge is 0.494 e. The Kier molecular flexibility index (Phi) is 7.07. The average Bonchev–Trinajstić information content (AvgIpc) is 2.67. The zero-order valence-corrected chi connectivity index (χ0v) is 16.4. The zero-order valence-electron chi connectivity index (χ0n) is 15.6. The molecule has 0 unspecified atom stereocenters. The first-order valence-corrected chi connectivity index (χ1v) is 10.7. The van der Waals surface area contributed by atoms with E-state index in [0.29, 0.717) is 0 Å². The monoisotopic (exact) mass is 368 g/mol. The van der Waals surface area contributed by atoms with Gasteiger partial charge in [0.25, 0.3) is 0 Å². The molecule has 3 heteroatoms. The summed E-state index contributed by atoms with van der Waals surface area (Å²) in [6.45, 7) is 2.98. The van der Waals surface area contributed by atoms with Gasteiger partial charge in [0.05, 0.1) is 6.61 Å². The van der Waals surface area contributed by atoms with Crippen LogP contribution in [0.3, 0.4) is 0 Å². The number of hydrogen-bond donors (Lipinski definition) is 0. The van der Waals surface area contributed by atoms with E-state index in [1.807, 2.05) is 42.5 Å². The quantitative estimate of drug-likeness (QED) is 0.286. The highest BCUT2D eigenvalue weighted by Gasteiger charge is 2.07. The van der Waals surface area contributed by atoms with E-state index in [1.165, 1.54) is 44.9 Å². The Morgan fingerprint density at radius 3 is 2.31 bits per heavy atom. The maximum Gasteiger partial charge on any atom is 0.196 e. The Hall–Kier alpha value is -1.87. The van der Waals surface area contributed by atoms with E-state index in [1.54, 1.807) is 11.3 Å². The summed E-state index contributed by atoms with van der Waals surface area (Å²) in [6.07, 6.45) is 10.3. The molecule has 0 aliphatic heterocycles. The number of hydrogen-bond acceptors (Lipinski definition) is 3. The van der Waals surface area contributed by atoms with E-state index in [4.69, 9.17) is 4.74 Å². The molecule has 3 aromatic rings. The Morgan fingerprint density at radius 1 is 0.808 bits per heavy atom. The fourth-order valence-electron chi connectivity index (χ4n) is 3.30. The maximum atomic E-state index is 12.7. The van der Waals surface area contributed by atoms with Gasteiger partial charge in [-0.15, -0.1) is 11.3 Å². The third kappa shape index (κ3) is 4.85. The molecule has 0 N–H and O–H groups in total. The lowest BCUT2D eigenvalue weighted by molar-refractivity contribution is 0.304. The molecule has 0 radical (unpaired) electrons. The van der Waals surface area contributed by atoms with Crippen molar-refractivity contribution in [3.8, 4) is 5.75 Å². The standard InChI is InChI=1S/C23H28O2S/c1-2-3-4-5-6-7-8-11-16-25-18-14-15-22-20(17-18)23(24)19-12-9-10-13-21(19)26-22/h9-10,12-15,17H,2-8,11,16H2,1H3. The normalized spacial score (nSPS) is 11.3. The highest BCUT2D eigenvalue weighted by molar-refractivity contribution is 7.24. The molecule has 1 aromatic heterocycles. The molecule has 0 spiro atoms. The SMILES string of the molecule is CCCCCCCCCCOc1ccc2sc3ccccc3c(=O)c2c1. The molecule has 2 aromatic carbocycles. The third-order valence-electron chi connectivity index (χ3n) is 4.81. The number of ether oxygens (including phenoxy) is 1. The van der Waals surface area contributed by atoms with Crippen LogP contribution in [0.2, 0.25) is 0 Å². The molecule has 0 amide bonds. The lowest BCUT2D eigenvalue weighted by Crippen LogP contribution is -2.02. The summed E-state index contributed by atoms with van der Waals surface area (Å²) in [4.78, 5) is 12.7. The van der Waals surface area contributed by atoms with Crippen molar-refractivity contribution in [2.75, 3.05) is 6.61 Å². The van der Waals surface area contributed by atoms with Gasteiger partial charge in [-0.1, -0.05) is 64.0 Å². The first kappa shape index (κ1) is 18.9. The van der Waals surface area contributed by atoms with Crippen molar-refractivity contribution in [1.29, 1.82) is 0 Å². The second-order valence-corrected chi connectivity index (χ2v) is 7.99. The van der Waals surface area contributed by atoms with E-state index >= 15 is 0 Å². The summed E-state index contributed by atoms with van der Waals surface area (Å²) in [7, 11) is 0. The van der Waals surface area contributed by atoms with Crippen LogP contribution in [-0.4, -0.2) is 6.61 Å². The van der Waals surface area contributed by atoms with Crippen LogP contribution in [0.1, 0.15) is 58.3 Å². The molecule has 1 heterocycles. The molecule has 0 saturated carbocycles. The molecular weight excluding hydrogens is 340 g/mol. The Labute approximate surface area is 159 Å². The Balaban J connectivity index is 1.54. The van der Waals surface area contributed by atoms with Crippen LogP contribution in [0, 0.1) is 0 Å². The highest BCUT2D eigenvalue weighted by Crippen LogP contribution is 2.27. The van der Waals surface area contributed by atoms with E-state index < -0.39 is 0 Å². The van der Waals surface area contributed by atoms with Gasteiger partial charge in [-0.2, -0.15) is 0 Å². The van der Waals surface area contributed by atoms with Crippen molar-refractivity contribution in [3.63, 3.8) is 0 Å². The molecular formula is C23H28O2S. The lowest BCUT2D eigenvalue weighted by atomic mass is 10.1. The molecule has 3 rings (SSSR count). The van der Waals surface area contributed by atoms with Crippen molar-refractivity contribution < 1.29 is 4.74 Å². The van der Waals surface area contributed by atoms with Gasteiger partial charge in [-0.05, 0) is 36.8 Å². The first-order chi connectivity index (χ1) is 12.8. The van der Waals surface area contributed by atoms with Crippen LogP contribution in [0.15, 0.2) is 47.3 Å². The van der Waals surface area contributed by atoms with Crippen molar-refractivity contribution in [2.45, 2.75) is 58.3 Å². The highest BCUT2D eigenvalue weighted by atomic mass is 32.1. The molecule has 0 aliphatic carbocycles. The molecule has 138 valence electrons. The molecule has 2 nitrogen and oxygen atoms in total. The summed E-state index contributed by atoms with van der Waals surface area (Å²) >= 11 is 1.66. The fourth-order valence-corrected chi connectivity index (χ4v) is 4.35. The van der Waals surface area contributed by atoms with Crippen LogP contribution in [-0.2, 0) is 0 Å². The summed E-state index contributed by atoms with van der Waals surface area (Å²) in [6, 6.07) is 13.7. The Bertz CT molecular complexity index is 897. The predicted octanol–water partition coefficient (Wildman–Crippen LogP) is 6.93. The second kappa shape index (κ2) is 9.72. The molecule has 0 aliphatic rings. The predicted molar refractivity (Wildman–Crippen MR) is 114 cm³/mol. The molecule has 0 atom stereocenters. The van der Waals surface area contributed by atoms with E-state index in [2.05, 4.69) is 6.92 Å². The first-order valence-electron chi connectivity index (χ1n) is 9.88. The number of fused-ring (bicyclic) bond motifs is 2. The van der Waals surface area contributed by atoms with E-state index in [9.17, 15) is 4.79 Å². The summed E-state index contributed by atoms with van der Waals surface area (Å²) in [5.41, 5.74) is 0.104. The molecule has 0 bridgehead atoms. The van der Waals surface area contributed by atoms with E-state index in [-0.39, 0.29) is 5.43 Å². The average molecular weight is 369 g/mol. The van der Waals surface area contributed by atoms with Crippen molar-refractivity contribution >= 4 is 31.5 Å². The number of unbranched alkanes of at least 4 members (excludes halogenated alkanes) is 7. The van der Waals surface area contributed by atoms with Crippen molar-refractivity contribution in [2.24, 2.45) is 0 Å². The molecule has 26 heavy (non-hydrogen) atoms. The third-order valence-corrected chi connectivity index (χ3v) is 5.97. The smallest absolute Gasteiger partial charge is 0.196 e. The van der Waals surface area contributed by atoms with Crippen molar-refractivity contribution in [3.05, 3.63) is 52.7 Å². The van der Waals surface area contributed by atoms with Gasteiger partial charge < -0.3 is 4.74 Å². The summed E-state index contributed by atoms with van der Waals surface area (Å²) < 4.78 is 7.95. The van der Waals surface area contributed by atoms with Gasteiger partial charge in [-0.3, -0.25) is 4.79 Å². The van der Waals surface area contributed by atoms with Crippen LogP contribution in [0.25, 0.3) is 20.2 Å². The second-order valence-electron chi connectivity index (χ2n) is 6.91. The zero-order chi connectivity index (χ0) is 18.2. The molecule has 0 saturated heterocycles. The van der Waals surface area contributed by atoms with Gasteiger partial charge in [-0.25, -0.2) is 0 Å². The van der Waals surface area contributed by atoms with Gasteiger partial charge in [0.15, 0.2) is 5.43 Å². The number of benzene rings is 2. The van der Waals surface area contributed by atoms with Crippen LogP contribution >= 0.6 is 11.3 Å². The van der Waals surface area contributed by atoms with Gasteiger partial charge in [0.2, 0.25) is 0 Å². The Morgan fingerprint density at radius 2 is 1.50 bits per heavy atom. The summed E-state index contributed by atoms with van der Waals surface area (Å²) in [5, 5.41) is 1.56. The van der Waals surface area contributed by atoms with Gasteiger partial charge >= 0.3 is 0 Å². The fraction of sp³-hybridized carbons (Fsp3) is 0.435. The minimum atomic E-state index is 0.104. The minimum Gasteiger partial charge on any atom is -0.494 e. The summed E-state index contributed by atoms with van der Waals surface area (Å²) in [5.74, 6) is 0.806. The van der Waals surface area contributed by atoms with Crippen LogP contribution in [0.5, 0.6) is 5.75 Å². The van der Waals surface area contributed by atoms with E-state index in [0.717, 1.165) is 38.9 Å². The minimum absolute atomic E-state index is 0.104. The van der Waals surface area contributed by atoms with Crippen LogP contribution in [0.4, 0.5) is 0 Å². The molecule has 0 fully saturated rings.